The molecular weight excluding hydrogens is 295 g/mol. The predicted octanol–water partition coefficient (Wildman–Crippen LogP) is 2.44. The van der Waals surface area contributed by atoms with Crippen LogP contribution < -0.4 is 10.6 Å². The number of halogens is 5. The van der Waals surface area contributed by atoms with Crippen LogP contribution in [0.25, 0.3) is 0 Å². The minimum Gasteiger partial charge on any atom is -0.345 e. The third kappa shape index (κ3) is 3.90. The first-order valence-corrected chi connectivity index (χ1v) is 6.33. The van der Waals surface area contributed by atoms with Gasteiger partial charge in [0.25, 0.3) is 0 Å². The second kappa shape index (κ2) is 5.97. The van der Waals surface area contributed by atoms with E-state index in [1.54, 1.807) is 0 Å². The third-order valence-electron chi connectivity index (χ3n) is 3.33. The summed E-state index contributed by atoms with van der Waals surface area (Å²) < 4.78 is 63.4. The molecule has 0 spiro atoms. The van der Waals surface area contributed by atoms with E-state index in [1.807, 2.05) is 5.32 Å². The summed E-state index contributed by atoms with van der Waals surface area (Å²) in [4.78, 5) is 10.9. The molecule has 2 rings (SSSR count). The van der Waals surface area contributed by atoms with E-state index in [2.05, 4.69) is 5.32 Å². The van der Waals surface area contributed by atoms with E-state index in [0.29, 0.717) is 6.54 Å². The molecule has 1 aromatic rings. The maximum absolute atomic E-state index is 13.7. The summed E-state index contributed by atoms with van der Waals surface area (Å²) in [5.74, 6) is -3.29. The lowest BCUT2D eigenvalue weighted by Gasteiger charge is -2.31. The number of carbonyl (C=O) groups excluding carboxylic acids is 1. The Morgan fingerprint density at radius 2 is 2.00 bits per heavy atom. The molecule has 1 aliphatic rings. The van der Waals surface area contributed by atoms with Gasteiger partial charge in [-0.1, -0.05) is 0 Å². The van der Waals surface area contributed by atoms with Crippen LogP contribution in [0.1, 0.15) is 24.4 Å². The largest absolute Gasteiger partial charge is 0.471 e. The monoisotopic (exact) mass is 308 g/mol. The summed E-state index contributed by atoms with van der Waals surface area (Å²) in [6.07, 6.45) is -4.61. The van der Waals surface area contributed by atoms with E-state index in [9.17, 15) is 26.7 Å². The molecule has 1 aliphatic heterocycles. The number of hydrogen-bond acceptors (Lipinski definition) is 2. The molecule has 1 amide bonds. The summed E-state index contributed by atoms with van der Waals surface area (Å²) in [6.45, 7) is 0.295. The number of hydrogen-bond donors (Lipinski definition) is 2. The zero-order valence-electron chi connectivity index (χ0n) is 10.8. The Hall–Kier alpha value is -1.70. The second-order valence-electron chi connectivity index (χ2n) is 4.87. The van der Waals surface area contributed by atoms with Gasteiger partial charge in [-0.05, 0) is 37.6 Å². The van der Waals surface area contributed by atoms with Crippen LogP contribution in [0.5, 0.6) is 0 Å². The van der Waals surface area contributed by atoms with E-state index in [1.165, 1.54) is 0 Å². The predicted molar refractivity (Wildman–Crippen MR) is 64.3 cm³/mol. The van der Waals surface area contributed by atoms with E-state index < -0.39 is 35.8 Å². The molecular formula is C13H13F5N2O. The van der Waals surface area contributed by atoms with Gasteiger partial charge in [0.15, 0.2) is 0 Å². The van der Waals surface area contributed by atoms with Crippen LogP contribution in [0.4, 0.5) is 22.0 Å². The zero-order valence-corrected chi connectivity index (χ0v) is 10.8. The smallest absolute Gasteiger partial charge is 0.345 e. The van der Waals surface area contributed by atoms with Gasteiger partial charge in [-0.25, -0.2) is 8.78 Å². The van der Waals surface area contributed by atoms with Crippen LogP contribution in [0.3, 0.4) is 0 Å². The van der Waals surface area contributed by atoms with Gasteiger partial charge in [-0.15, -0.1) is 0 Å². The van der Waals surface area contributed by atoms with Crippen LogP contribution in [-0.4, -0.2) is 24.7 Å². The number of nitrogens with one attached hydrogen (secondary N) is 2. The van der Waals surface area contributed by atoms with Gasteiger partial charge in [0.1, 0.15) is 11.6 Å². The lowest BCUT2D eigenvalue weighted by molar-refractivity contribution is -0.174. The highest BCUT2D eigenvalue weighted by molar-refractivity contribution is 5.81. The molecule has 1 fully saturated rings. The van der Waals surface area contributed by atoms with Crippen molar-refractivity contribution in [2.75, 3.05) is 6.54 Å². The number of carbonyl (C=O) groups is 1. The highest BCUT2D eigenvalue weighted by Gasteiger charge is 2.40. The van der Waals surface area contributed by atoms with Crippen molar-refractivity contribution in [3.63, 3.8) is 0 Å². The van der Waals surface area contributed by atoms with Gasteiger partial charge in [-0.3, -0.25) is 4.79 Å². The molecule has 3 nitrogen and oxygen atoms in total. The van der Waals surface area contributed by atoms with Crippen molar-refractivity contribution in [2.45, 2.75) is 31.1 Å². The molecule has 2 atom stereocenters. The van der Waals surface area contributed by atoms with Crippen molar-refractivity contribution in [3.8, 4) is 0 Å². The summed E-state index contributed by atoms with van der Waals surface area (Å²) in [5, 5.41) is 4.78. The third-order valence-corrected chi connectivity index (χ3v) is 3.33. The number of piperidine rings is 1. The summed E-state index contributed by atoms with van der Waals surface area (Å²) in [5.41, 5.74) is 0.0426. The average Bonchev–Trinajstić information content (AvgIpc) is 2.41. The molecule has 0 aliphatic carbocycles. The molecule has 0 aromatic heterocycles. The molecule has 1 saturated heterocycles. The maximum Gasteiger partial charge on any atom is 0.471 e. The van der Waals surface area contributed by atoms with Crippen molar-refractivity contribution < 1.29 is 26.7 Å². The topological polar surface area (TPSA) is 41.1 Å². The Morgan fingerprint density at radius 3 is 2.67 bits per heavy atom. The van der Waals surface area contributed by atoms with Gasteiger partial charge in [0, 0.05) is 17.6 Å². The van der Waals surface area contributed by atoms with Crippen LogP contribution in [0.2, 0.25) is 0 Å². The minimum atomic E-state index is -4.95. The molecule has 21 heavy (non-hydrogen) atoms. The molecule has 0 bridgehead atoms. The Kier molecular flexibility index (Phi) is 4.46. The standard InChI is InChI=1S/C13H13F5N2O/c14-7-1-2-10(15)9(5-7)11-6-8(3-4-19-11)20-12(21)13(16,17)18/h1-2,5,8,11,19H,3-4,6H2,(H,20,21)/t8-,11+/m1/s1. The summed E-state index contributed by atoms with van der Waals surface area (Å²) in [7, 11) is 0. The fourth-order valence-electron chi connectivity index (χ4n) is 2.33. The van der Waals surface area contributed by atoms with Crippen molar-refractivity contribution in [2.24, 2.45) is 0 Å². The fourth-order valence-corrected chi connectivity index (χ4v) is 2.33. The summed E-state index contributed by atoms with van der Waals surface area (Å²) >= 11 is 0. The van der Waals surface area contributed by atoms with Crippen molar-refractivity contribution in [1.29, 1.82) is 0 Å². The van der Waals surface area contributed by atoms with Crippen molar-refractivity contribution in [3.05, 3.63) is 35.4 Å². The lowest BCUT2D eigenvalue weighted by Crippen LogP contribution is -2.48. The number of benzene rings is 1. The average molecular weight is 308 g/mol. The first kappa shape index (κ1) is 15.7. The van der Waals surface area contributed by atoms with E-state index >= 15 is 0 Å². The van der Waals surface area contributed by atoms with E-state index in [0.717, 1.165) is 18.2 Å². The molecule has 2 N–H and O–H groups in total. The van der Waals surface area contributed by atoms with Crippen LogP contribution >= 0.6 is 0 Å². The molecule has 1 aromatic carbocycles. The molecule has 0 unspecified atom stereocenters. The molecule has 0 saturated carbocycles. The van der Waals surface area contributed by atoms with Gasteiger partial charge in [0.05, 0.1) is 0 Å². The quantitative estimate of drug-likeness (QED) is 0.824. The van der Waals surface area contributed by atoms with Gasteiger partial charge in [0.2, 0.25) is 0 Å². The fraction of sp³-hybridized carbons (Fsp3) is 0.462. The summed E-state index contributed by atoms with van der Waals surface area (Å²) in [6, 6.07) is 1.54. The SMILES string of the molecule is O=C(N[C@@H]1CCN[C@H](c2cc(F)ccc2F)C1)C(F)(F)F. The molecule has 1 heterocycles. The minimum absolute atomic E-state index is 0.0426. The number of amides is 1. The highest BCUT2D eigenvalue weighted by atomic mass is 19.4. The number of alkyl halides is 3. The Labute approximate surface area is 117 Å². The first-order valence-electron chi connectivity index (χ1n) is 6.33. The van der Waals surface area contributed by atoms with Crippen LogP contribution in [0.15, 0.2) is 18.2 Å². The van der Waals surface area contributed by atoms with Crippen molar-refractivity contribution >= 4 is 5.91 Å². The number of rotatable bonds is 2. The lowest BCUT2D eigenvalue weighted by atomic mass is 9.93. The first-order chi connectivity index (χ1) is 9.77. The van der Waals surface area contributed by atoms with Crippen molar-refractivity contribution in [1.82, 2.24) is 10.6 Å². The molecule has 116 valence electrons. The van der Waals surface area contributed by atoms with Crippen LogP contribution in [0, 0.1) is 11.6 Å². The second-order valence-corrected chi connectivity index (χ2v) is 4.87. The normalized spacial score (nSPS) is 22.9. The van der Waals surface area contributed by atoms with E-state index in [4.69, 9.17) is 0 Å². The maximum atomic E-state index is 13.7. The van der Waals surface area contributed by atoms with E-state index in [-0.39, 0.29) is 18.4 Å². The molecule has 8 heteroatoms. The van der Waals surface area contributed by atoms with Crippen LogP contribution in [-0.2, 0) is 4.79 Å². The van der Waals surface area contributed by atoms with Gasteiger partial charge >= 0.3 is 12.1 Å². The highest BCUT2D eigenvalue weighted by Crippen LogP contribution is 2.27. The Balaban J connectivity index is 2.07. The molecule has 0 radical (unpaired) electrons. The Bertz CT molecular complexity index is 532. The van der Waals surface area contributed by atoms with Gasteiger partial charge < -0.3 is 10.6 Å². The Morgan fingerprint density at radius 1 is 1.29 bits per heavy atom. The van der Waals surface area contributed by atoms with Gasteiger partial charge in [-0.2, -0.15) is 13.2 Å². The zero-order chi connectivity index (χ0) is 15.6.